The third-order valence-electron chi connectivity index (χ3n) is 5.01. The highest BCUT2D eigenvalue weighted by Crippen LogP contribution is 2.28. The van der Waals surface area contributed by atoms with Crippen molar-refractivity contribution in [2.75, 3.05) is 19.6 Å². The molecule has 0 radical (unpaired) electrons. The Morgan fingerprint density at radius 2 is 1.84 bits per heavy atom. The van der Waals surface area contributed by atoms with Crippen molar-refractivity contribution in [3.8, 4) is 0 Å². The van der Waals surface area contributed by atoms with E-state index in [-0.39, 0.29) is 18.0 Å². The summed E-state index contributed by atoms with van der Waals surface area (Å²) in [4.78, 5) is 39.6. The molecule has 1 N–H and O–H groups in total. The lowest BCUT2D eigenvalue weighted by molar-refractivity contribution is -0.148. The van der Waals surface area contributed by atoms with Crippen LogP contribution in [-0.4, -0.2) is 58.4 Å². The number of nitrogens with zero attached hydrogens (tertiary/aromatic N) is 2. The zero-order valence-electron chi connectivity index (χ0n) is 13.9. The minimum Gasteiger partial charge on any atom is -0.481 e. The number of carboxylic acid groups (broad SMARTS) is 1. The molecule has 1 aliphatic carbocycles. The molecule has 1 saturated carbocycles. The predicted octanol–water partition coefficient (Wildman–Crippen LogP) is 1.75. The maximum absolute atomic E-state index is 13.1. The summed E-state index contributed by atoms with van der Waals surface area (Å²) in [5.41, 5.74) is 0.247. The highest BCUT2D eigenvalue weighted by atomic mass is 19.1. The van der Waals surface area contributed by atoms with E-state index >= 15 is 0 Å². The van der Waals surface area contributed by atoms with Crippen molar-refractivity contribution in [3.63, 3.8) is 0 Å². The Kier molecular flexibility index (Phi) is 5.01. The molecule has 6 nitrogen and oxygen atoms in total. The zero-order chi connectivity index (χ0) is 18.0. The van der Waals surface area contributed by atoms with E-state index in [1.165, 1.54) is 35.6 Å². The van der Waals surface area contributed by atoms with Gasteiger partial charge in [-0.3, -0.25) is 14.4 Å². The van der Waals surface area contributed by atoms with Crippen molar-refractivity contribution < 1.29 is 23.9 Å². The highest BCUT2D eigenvalue weighted by molar-refractivity contribution is 5.99. The zero-order valence-corrected chi connectivity index (χ0v) is 13.9. The largest absolute Gasteiger partial charge is 0.481 e. The van der Waals surface area contributed by atoms with Gasteiger partial charge >= 0.3 is 5.97 Å². The van der Waals surface area contributed by atoms with Crippen LogP contribution in [0.2, 0.25) is 0 Å². The van der Waals surface area contributed by atoms with Crippen LogP contribution in [0.3, 0.4) is 0 Å². The van der Waals surface area contributed by atoms with Gasteiger partial charge in [-0.1, -0.05) is 6.42 Å². The molecule has 134 valence electrons. The number of benzene rings is 1. The first-order valence-corrected chi connectivity index (χ1v) is 8.53. The van der Waals surface area contributed by atoms with Crippen LogP contribution < -0.4 is 0 Å². The molecular weight excluding hydrogens is 327 g/mol. The van der Waals surface area contributed by atoms with Crippen LogP contribution in [0.5, 0.6) is 0 Å². The van der Waals surface area contributed by atoms with Gasteiger partial charge in [-0.15, -0.1) is 0 Å². The average Bonchev–Trinajstić information content (AvgIpc) is 2.53. The molecule has 2 fully saturated rings. The van der Waals surface area contributed by atoms with Crippen LogP contribution in [0.15, 0.2) is 24.3 Å². The maximum Gasteiger partial charge on any atom is 0.305 e. The summed E-state index contributed by atoms with van der Waals surface area (Å²) in [5, 5.41) is 9.16. The molecule has 0 aromatic heterocycles. The van der Waals surface area contributed by atoms with Crippen LogP contribution in [0, 0.1) is 11.7 Å². The molecule has 2 aliphatic rings. The number of rotatable bonds is 5. The van der Waals surface area contributed by atoms with E-state index in [1.807, 2.05) is 0 Å². The number of aliphatic carboxylic acids is 1. The first-order chi connectivity index (χ1) is 12.0. The lowest BCUT2D eigenvalue weighted by atomic mass is 9.84. The number of carbonyl (C=O) groups excluding carboxylic acids is 2. The number of piperazine rings is 1. The summed E-state index contributed by atoms with van der Waals surface area (Å²) in [6, 6.07) is 4.03. The lowest BCUT2D eigenvalue weighted by Gasteiger charge is -2.42. The minimum atomic E-state index is -1.12. The SMILES string of the molecule is O=C(O)CC1C(=O)N(CC2CCC2)CCN1C(=O)c1ccc(F)cc1. The van der Waals surface area contributed by atoms with Crippen LogP contribution >= 0.6 is 0 Å². The molecule has 1 aromatic rings. The van der Waals surface area contributed by atoms with Crippen LogP contribution in [0.1, 0.15) is 36.0 Å². The van der Waals surface area contributed by atoms with Gasteiger partial charge in [0, 0.05) is 25.2 Å². The van der Waals surface area contributed by atoms with Crippen molar-refractivity contribution in [1.82, 2.24) is 9.80 Å². The van der Waals surface area contributed by atoms with Gasteiger partial charge in [-0.25, -0.2) is 4.39 Å². The van der Waals surface area contributed by atoms with Crippen molar-refractivity contribution in [1.29, 1.82) is 0 Å². The highest BCUT2D eigenvalue weighted by Gasteiger charge is 2.40. The van der Waals surface area contributed by atoms with Gasteiger partial charge in [0.2, 0.25) is 5.91 Å². The molecule has 3 rings (SSSR count). The van der Waals surface area contributed by atoms with E-state index in [0.29, 0.717) is 19.0 Å². The number of carbonyl (C=O) groups is 3. The fraction of sp³-hybridized carbons (Fsp3) is 0.500. The summed E-state index contributed by atoms with van der Waals surface area (Å²) in [5.74, 6) is -1.85. The van der Waals surface area contributed by atoms with E-state index in [0.717, 1.165) is 12.8 Å². The first kappa shape index (κ1) is 17.4. The Labute approximate surface area is 145 Å². The van der Waals surface area contributed by atoms with Gasteiger partial charge in [-0.05, 0) is 43.0 Å². The van der Waals surface area contributed by atoms with E-state index in [4.69, 9.17) is 5.11 Å². The van der Waals surface area contributed by atoms with Gasteiger partial charge in [0.1, 0.15) is 11.9 Å². The second-order valence-corrected chi connectivity index (χ2v) is 6.70. The van der Waals surface area contributed by atoms with E-state index < -0.39 is 30.2 Å². The molecule has 1 aromatic carbocycles. The quantitative estimate of drug-likeness (QED) is 0.879. The number of hydrogen-bond acceptors (Lipinski definition) is 3. The summed E-state index contributed by atoms with van der Waals surface area (Å²) >= 11 is 0. The Morgan fingerprint density at radius 1 is 1.16 bits per heavy atom. The number of hydrogen-bond donors (Lipinski definition) is 1. The van der Waals surface area contributed by atoms with Crippen molar-refractivity contribution in [2.45, 2.75) is 31.7 Å². The molecule has 2 amide bonds. The van der Waals surface area contributed by atoms with Crippen LogP contribution in [0.4, 0.5) is 4.39 Å². The van der Waals surface area contributed by atoms with Gasteiger partial charge in [0.15, 0.2) is 0 Å². The second kappa shape index (κ2) is 7.21. The van der Waals surface area contributed by atoms with E-state index in [9.17, 15) is 18.8 Å². The molecule has 1 saturated heterocycles. The smallest absolute Gasteiger partial charge is 0.305 e. The topological polar surface area (TPSA) is 77.9 Å². The average molecular weight is 348 g/mol. The summed E-state index contributed by atoms with van der Waals surface area (Å²) in [6.45, 7) is 1.32. The van der Waals surface area contributed by atoms with Crippen molar-refractivity contribution >= 4 is 17.8 Å². The predicted molar refractivity (Wildman–Crippen MR) is 87.4 cm³/mol. The molecule has 7 heteroatoms. The summed E-state index contributed by atoms with van der Waals surface area (Å²) in [6.07, 6.45) is 2.92. The lowest BCUT2D eigenvalue weighted by Crippen LogP contribution is -2.60. The maximum atomic E-state index is 13.1. The fourth-order valence-electron chi connectivity index (χ4n) is 3.37. The normalized spacial score (nSPS) is 21.2. The number of halogens is 1. The van der Waals surface area contributed by atoms with Crippen molar-refractivity contribution in [3.05, 3.63) is 35.6 Å². The third-order valence-corrected chi connectivity index (χ3v) is 5.01. The monoisotopic (exact) mass is 348 g/mol. The fourth-order valence-corrected chi connectivity index (χ4v) is 3.37. The standard InChI is InChI=1S/C18H21FN2O4/c19-14-6-4-13(5-7-14)17(24)21-9-8-20(11-12-2-1-3-12)18(25)15(21)10-16(22)23/h4-7,12,15H,1-3,8-11H2,(H,22,23). The Morgan fingerprint density at radius 3 is 2.40 bits per heavy atom. The molecule has 25 heavy (non-hydrogen) atoms. The van der Waals surface area contributed by atoms with E-state index in [2.05, 4.69) is 0 Å². The summed E-state index contributed by atoms with van der Waals surface area (Å²) < 4.78 is 13.1. The molecule has 1 heterocycles. The van der Waals surface area contributed by atoms with Gasteiger partial charge in [0.05, 0.1) is 6.42 Å². The Bertz CT molecular complexity index is 672. The third kappa shape index (κ3) is 3.81. The van der Waals surface area contributed by atoms with Gasteiger partial charge in [0.25, 0.3) is 5.91 Å². The van der Waals surface area contributed by atoms with Gasteiger partial charge < -0.3 is 14.9 Å². The number of carboxylic acids is 1. The molecular formula is C18H21FN2O4. The Hall–Kier alpha value is -2.44. The Balaban J connectivity index is 1.77. The molecule has 0 bridgehead atoms. The summed E-state index contributed by atoms with van der Waals surface area (Å²) in [7, 11) is 0. The van der Waals surface area contributed by atoms with Crippen molar-refractivity contribution in [2.24, 2.45) is 5.92 Å². The first-order valence-electron chi connectivity index (χ1n) is 8.53. The van der Waals surface area contributed by atoms with Crippen LogP contribution in [-0.2, 0) is 9.59 Å². The van der Waals surface area contributed by atoms with Gasteiger partial charge in [-0.2, -0.15) is 0 Å². The number of amides is 2. The molecule has 1 unspecified atom stereocenters. The van der Waals surface area contributed by atoms with E-state index in [1.54, 1.807) is 4.90 Å². The van der Waals surface area contributed by atoms with Crippen LogP contribution in [0.25, 0.3) is 0 Å². The second-order valence-electron chi connectivity index (χ2n) is 6.70. The minimum absolute atomic E-state index is 0.247. The molecule has 1 aliphatic heterocycles. The molecule has 0 spiro atoms. The molecule has 1 atom stereocenters.